The van der Waals surface area contributed by atoms with E-state index in [1.807, 2.05) is 6.92 Å². The zero-order chi connectivity index (χ0) is 24.2. The summed E-state index contributed by atoms with van der Waals surface area (Å²) in [4.78, 5) is 36.9. The number of nitrogens with one attached hydrogen (secondary N) is 2. The van der Waals surface area contributed by atoms with Gasteiger partial charge in [-0.05, 0) is 49.2 Å². The number of carbonyl (C=O) groups is 3. The van der Waals surface area contributed by atoms with Gasteiger partial charge < -0.3 is 24.8 Å². The Morgan fingerprint density at radius 1 is 0.970 bits per heavy atom. The first kappa shape index (κ1) is 26.0. The summed E-state index contributed by atoms with van der Waals surface area (Å²) in [5, 5.41) is 5.51. The van der Waals surface area contributed by atoms with Crippen molar-refractivity contribution >= 4 is 29.4 Å². The summed E-state index contributed by atoms with van der Waals surface area (Å²) < 4.78 is 16.0. The maximum atomic E-state index is 12.5. The molecule has 2 N–H and O–H groups in total. The molecule has 1 atom stereocenters. The fraction of sp³-hybridized carbons (Fsp3) is 0.375. The predicted molar refractivity (Wildman–Crippen MR) is 125 cm³/mol. The number of benzene rings is 2. The van der Waals surface area contributed by atoms with Crippen molar-refractivity contribution in [2.45, 2.75) is 26.8 Å². The molecule has 178 valence electrons. The fourth-order valence-electron chi connectivity index (χ4n) is 2.80. The van der Waals surface area contributed by atoms with E-state index < -0.39 is 30.4 Å². The third-order valence-corrected chi connectivity index (χ3v) is 4.83. The SMILES string of the molecule is CCOc1ccc(OCCNC(=O)COC(=O)[C@@H](NC(=O)c2ccccc2Cl)C(C)C)cc1. The number of esters is 1. The van der Waals surface area contributed by atoms with Crippen molar-refractivity contribution in [3.8, 4) is 11.5 Å². The standard InChI is InChI=1S/C24H29ClN2O6/c1-4-31-17-9-11-18(12-10-17)32-14-13-26-21(28)15-33-24(30)22(16(2)3)27-23(29)19-7-5-6-8-20(19)25/h5-12,16,22H,4,13-15H2,1-3H3,(H,26,28)(H,27,29)/t22-/m0/s1. The van der Waals surface area contributed by atoms with Crippen LogP contribution in [0.2, 0.25) is 5.02 Å². The Kier molecular flexibility index (Phi) is 10.5. The predicted octanol–water partition coefficient (Wildman–Crippen LogP) is 3.23. The van der Waals surface area contributed by atoms with Gasteiger partial charge in [-0.3, -0.25) is 9.59 Å². The van der Waals surface area contributed by atoms with Gasteiger partial charge >= 0.3 is 5.97 Å². The third kappa shape index (κ3) is 8.65. The van der Waals surface area contributed by atoms with Gasteiger partial charge in [0.05, 0.1) is 23.7 Å². The number of hydrogen-bond acceptors (Lipinski definition) is 6. The highest BCUT2D eigenvalue weighted by atomic mass is 35.5. The van der Waals surface area contributed by atoms with E-state index in [1.54, 1.807) is 62.4 Å². The van der Waals surface area contributed by atoms with E-state index in [1.165, 1.54) is 0 Å². The Bertz CT molecular complexity index is 933. The Morgan fingerprint density at radius 3 is 2.21 bits per heavy atom. The van der Waals surface area contributed by atoms with Crippen LogP contribution in [0, 0.1) is 5.92 Å². The zero-order valence-electron chi connectivity index (χ0n) is 18.9. The van der Waals surface area contributed by atoms with Crippen molar-refractivity contribution < 1.29 is 28.6 Å². The number of halogens is 1. The molecule has 9 heteroatoms. The van der Waals surface area contributed by atoms with Crippen LogP contribution < -0.4 is 20.1 Å². The molecular formula is C24H29ClN2O6. The summed E-state index contributed by atoms with van der Waals surface area (Å²) in [6.45, 7) is 6.03. The molecule has 2 rings (SSSR count). The van der Waals surface area contributed by atoms with Gasteiger partial charge in [0, 0.05) is 0 Å². The lowest BCUT2D eigenvalue weighted by Gasteiger charge is -2.21. The second-order valence-corrected chi connectivity index (χ2v) is 7.79. The van der Waals surface area contributed by atoms with E-state index in [9.17, 15) is 14.4 Å². The first-order chi connectivity index (χ1) is 15.8. The quantitative estimate of drug-likeness (QED) is 0.360. The van der Waals surface area contributed by atoms with Gasteiger partial charge in [-0.25, -0.2) is 4.79 Å². The van der Waals surface area contributed by atoms with Crippen LogP contribution in [0.4, 0.5) is 0 Å². The summed E-state index contributed by atoms with van der Waals surface area (Å²) >= 11 is 6.04. The van der Waals surface area contributed by atoms with Crippen LogP contribution in [0.5, 0.6) is 11.5 Å². The molecule has 2 aromatic rings. The van der Waals surface area contributed by atoms with Crippen molar-refractivity contribution in [1.29, 1.82) is 0 Å². The maximum absolute atomic E-state index is 12.5. The molecule has 0 radical (unpaired) electrons. The number of hydrogen-bond donors (Lipinski definition) is 2. The zero-order valence-corrected chi connectivity index (χ0v) is 19.7. The largest absolute Gasteiger partial charge is 0.494 e. The summed E-state index contributed by atoms with van der Waals surface area (Å²) in [7, 11) is 0. The van der Waals surface area contributed by atoms with Crippen LogP contribution in [-0.4, -0.2) is 50.2 Å². The molecule has 33 heavy (non-hydrogen) atoms. The fourth-order valence-corrected chi connectivity index (χ4v) is 3.02. The second kappa shape index (κ2) is 13.3. The molecule has 2 amide bonds. The molecule has 0 aromatic heterocycles. The summed E-state index contributed by atoms with van der Waals surface area (Å²) in [5.74, 6) is -0.526. The molecule has 0 saturated heterocycles. The molecule has 8 nitrogen and oxygen atoms in total. The number of rotatable bonds is 12. The average Bonchev–Trinajstić information content (AvgIpc) is 2.80. The van der Waals surface area contributed by atoms with E-state index in [4.69, 9.17) is 25.8 Å². The molecule has 0 aliphatic carbocycles. The van der Waals surface area contributed by atoms with Crippen molar-refractivity contribution in [1.82, 2.24) is 10.6 Å². The summed E-state index contributed by atoms with van der Waals surface area (Å²) in [5.41, 5.74) is 0.253. The molecule has 2 aromatic carbocycles. The molecule has 0 heterocycles. The Morgan fingerprint density at radius 2 is 1.61 bits per heavy atom. The van der Waals surface area contributed by atoms with Crippen molar-refractivity contribution in [2.24, 2.45) is 5.92 Å². The van der Waals surface area contributed by atoms with Gasteiger partial charge in [0.15, 0.2) is 6.61 Å². The number of carbonyl (C=O) groups excluding carboxylic acids is 3. The lowest BCUT2D eigenvalue weighted by Crippen LogP contribution is -2.46. The van der Waals surface area contributed by atoms with E-state index >= 15 is 0 Å². The van der Waals surface area contributed by atoms with E-state index in [-0.39, 0.29) is 29.7 Å². The van der Waals surface area contributed by atoms with Crippen LogP contribution in [0.1, 0.15) is 31.1 Å². The van der Waals surface area contributed by atoms with Gasteiger partial charge in [-0.1, -0.05) is 37.6 Å². The second-order valence-electron chi connectivity index (χ2n) is 7.39. The summed E-state index contributed by atoms with van der Waals surface area (Å²) in [6.07, 6.45) is 0. The normalized spacial score (nSPS) is 11.4. The first-order valence-electron chi connectivity index (χ1n) is 10.7. The molecule has 0 unspecified atom stereocenters. The molecule has 0 bridgehead atoms. The lowest BCUT2D eigenvalue weighted by atomic mass is 10.0. The van der Waals surface area contributed by atoms with E-state index in [0.717, 1.165) is 5.75 Å². The highest BCUT2D eigenvalue weighted by Gasteiger charge is 2.27. The van der Waals surface area contributed by atoms with E-state index in [0.29, 0.717) is 12.4 Å². The molecule has 0 aliphatic rings. The maximum Gasteiger partial charge on any atom is 0.329 e. The van der Waals surface area contributed by atoms with E-state index in [2.05, 4.69) is 10.6 Å². The third-order valence-electron chi connectivity index (χ3n) is 4.50. The lowest BCUT2D eigenvalue weighted by molar-refractivity contribution is -0.151. The monoisotopic (exact) mass is 476 g/mol. The van der Waals surface area contributed by atoms with Gasteiger partial charge in [-0.15, -0.1) is 0 Å². The van der Waals surface area contributed by atoms with Crippen LogP contribution in [0.25, 0.3) is 0 Å². The highest BCUT2D eigenvalue weighted by Crippen LogP contribution is 2.17. The highest BCUT2D eigenvalue weighted by molar-refractivity contribution is 6.33. The van der Waals surface area contributed by atoms with Crippen LogP contribution in [0.3, 0.4) is 0 Å². The molecule has 0 fully saturated rings. The Hall–Kier alpha value is -3.26. The number of ether oxygens (including phenoxy) is 3. The minimum atomic E-state index is -0.926. The van der Waals surface area contributed by atoms with Crippen molar-refractivity contribution in [3.05, 3.63) is 59.1 Å². The Labute approximate surface area is 198 Å². The van der Waals surface area contributed by atoms with Crippen LogP contribution in [0.15, 0.2) is 48.5 Å². The average molecular weight is 477 g/mol. The first-order valence-corrected chi connectivity index (χ1v) is 11.0. The summed E-state index contributed by atoms with van der Waals surface area (Å²) in [6, 6.07) is 12.7. The number of amides is 2. The van der Waals surface area contributed by atoms with Gasteiger partial charge in [0.1, 0.15) is 24.1 Å². The van der Waals surface area contributed by atoms with Crippen LogP contribution in [-0.2, 0) is 14.3 Å². The minimum Gasteiger partial charge on any atom is -0.494 e. The molecule has 0 saturated carbocycles. The smallest absolute Gasteiger partial charge is 0.329 e. The van der Waals surface area contributed by atoms with Gasteiger partial charge in [0.25, 0.3) is 11.8 Å². The minimum absolute atomic E-state index is 0.237. The molecule has 0 spiro atoms. The Balaban J connectivity index is 1.74. The topological polar surface area (TPSA) is 103 Å². The van der Waals surface area contributed by atoms with Gasteiger partial charge in [0.2, 0.25) is 0 Å². The van der Waals surface area contributed by atoms with Crippen molar-refractivity contribution in [2.75, 3.05) is 26.4 Å². The van der Waals surface area contributed by atoms with Crippen molar-refractivity contribution in [3.63, 3.8) is 0 Å². The molecular weight excluding hydrogens is 448 g/mol. The molecule has 0 aliphatic heterocycles. The van der Waals surface area contributed by atoms with Crippen LogP contribution >= 0.6 is 11.6 Å². The van der Waals surface area contributed by atoms with Gasteiger partial charge in [-0.2, -0.15) is 0 Å².